The van der Waals surface area contributed by atoms with Crippen LogP contribution >= 0.6 is 11.6 Å². The van der Waals surface area contributed by atoms with Gasteiger partial charge < -0.3 is 0 Å². The second-order valence-electron chi connectivity index (χ2n) is 5.34. The van der Waals surface area contributed by atoms with Crippen molar-refractivity contribution in [2.45, 2.75) is 16.3 Å². The largest absolute Gasteiger partial charge is 0.241 e. The summed E-state index contributed by atoms with van der Waals surface area (Å²) >= 11 is 5.77. The van der Waals surface area contributed by atoms with Crippen LogP contribution in [0.4, 0.5) is 8.78 Å². The minimum absolute atomic E-state index is 0.0203. The summed E-state index contributed by atoms with van der Waals surface area (Å²) in [6.07, 6.45) is -0.0203. The van der Waals surface area contributed by atoms with Gasteiger partial charge in [0, 0.05) is 17.1 Å². The van der Waals surface area contributed by atoms with Crippen LogP contribution in [0.15, 0.2) is 70.6 Å². The van der Waals surface area contributed by atoms with Crippen LogP contribution in [-0.2, 0) is 16.3 Å². The zero-order valence-electron chi connectivity index (χ0n) is 12.8. The van der Waals surface area contributed by atoms with Crippen molar-refractivity contribution < 1.29 is 17.2 Å². The van der Waals surface area contributed by atoms with Gasteiger partial charge in [-0.3, -0.25) is 0 Å². The maximum absolute atomic E-state index is 13.8. The number of hydrogen-bond acceptors (Lipinski definition) is 3. The summed E-state index contributed by atoms with van der Waals surface area (Å²) in [5.41, 5.74) is 0.424. The molecule has 0 saturated heterocycles. The van der Waals surface area contributed by atoms with Gasteiger partial charge in [0.15, 0.2) is 5.03 Å². The predicted octanol–water partition coefficient (Wildman–Crippen LogP) is 4.44. The molecule has 128 valence electrons. The molecule has 7 heteroatoms. The lowest BCUT2D eigenvalue weighted by molar-refractivity contribution is 0.586. The van der Waals surface area contributed by atoms with Crippen molar-refractivity contribution in [3.8, 4) is 0 Å². The van der Waals surface area contributed by atoms with Crippen LogP contribution in [0, 0.1) is 11.6 Å². The SMILES string of the molecule is O=S(=O)(c1ccc(Cl)cc1)c1cccc(Cc2cc(F)ccc2F)n1. The Morgan fingerprint density at radius 2 is 1.68 bits per heavy atom. The van der Waals surface area contributed by atoms with E-state index in [1.54, 1.807) is 6.07 Å². The van der Waals surface area contributed by atoms with Gasteiger partial charge >= 0.3 is 0 Å². The molecule has 0 fully saturated rings. The lowest BCUT2D eigenvalue weighted by atomic mass is 10.1. The Hall–Kier alpha value is -2.31. The molecule has 0 spiro atoms. The highest BCUT2D eigenvalue weighted by Crippen LogP contribution is 2.22. The van der Waals surface area contributed by atoms with E-state index in [4.69, 9.17) is 11.6 Å². The highest BCUT2D eigenvalue weighted by molar-refractivity contribution is 7.91. The molecule has 0 aliphatic heterocycles. The Morgan fingerprint density at radius 1 is 0.960 bits per heavy atom. The third-order valence-corrected chi connectivity index (χ3v) is 5.48. The van der Waals surface area contributed by atoms with E-state index >= 15 is 0 Å². The minimum atomic E-state index is -3.83. The standard InChI is InChI=1S/C18H12ClF2NO2S/c19-13-4-7-16(8-5-13)25(23,24)18-3-1-2-15(22-18)11-12-10-14(20)6-9-17(12)21/h1-10H,11H2. The highest BCUT2D eigenvalue weighted by atomic mass is 35.5. The number of halogens is 3. The number of pyridine rings is 1. The first kappa shape index (κ1) is 17.5. The topological polar surface area (TPSA) is 47.0 Å². The van der Waals surface area contributed by atoms with Crippen LogP contribution in [0.5, 0.6) is 0 Å². The first-order valence-electron chi connectivity index (χ1n) is 7.27. The third kappa shape index (κ3) is 3.86. The Kier molecular flexibility index (Phi) is 4.83. The molecule has 1 aromatic heterocycles. The molecule has 25 heavy (non-hydrogen) atoms. The molecule has 1 heterocycles. The van der Waals surface area contributed by atoms with Crippen molar-refractivity contribution in [3.63, 3.8) is 0 Å². The second-order valence-corrected chi connectivity index (χ2v) is 7.67. The van der Waals surface area contributed by atoms with Crippen LogP contribution in [0.2, 0.25) is 5.02 Å². The molecule has 0 aliphatic carbocycles. The van der Waals surface area contributed by atoms with Crippen molar-refractivity contribution in [1.29, 1.82) is 0 Å². The molecule has 3 nitrogen and oxygen atoms in total. The summed E-state index contributed by atoms with van der Waals surface area (Å²) < 4.78 is 52.3. The summed E-state index contributed by atoms with van der Waals surface area (Å²) in [6, 6.07) is 13.3. The van der Waals surface area contributed by atoms with E-state index in [9.17, 15) is 17.2 Å². The van der Waals surface area contributed by atoms with Crippen molar-refractivity contribution in [2.24, 2.45) is 0 Å². The average Bonchev–Trinajstić information content (AvgIpc) is 2.59. The minimum Gasteiger partial charge on any atom is -0.241 e. The maximum atomic E-state index is 13.8. The predicted molar refractivity (Wildman–Crippen MR) is 90.3 cm³/mol. The van der Waals surface area contributed by atoms with Gasteiger partial charge in [-0.05, 0) is 60.2 Å². The lowest BCUT2D eigenvalue weighted by Gasteiger charge is -2.07. The Labute approximate surface area is 148 Å². The number of benzene rings is 2. The second kappa shape index (κ2) is 6.90. The quantitative estimate of drug-likeness (QED) is 0.673. The van der Waals surface area contributed by atoms with E-state index in [-0.39, 0.29) is 21.9 Å². The van der Waals surface area contributed by atoms with Crippen LogP contribution < -0.4 is 0 Å². The number of aromatic nitrogens is 1. The fourth-order valence-corrected chi connectivity index (χ4v) is 3.67. The monoisotopic (exact) mass is 379 g/mol. The number of sulfone groups is 1. The summed E-state index contributed by atoms with van der Waals surface area (Å²) in [7, 11) is -3.83. The van der Waals surface area contributed by atoms with Crippen molar-refractivity contribution in [1.82, 2.24) is 4.98 Å². The smallest absolute Gasteiger partial charge is 0.223 e. The van der Waals surface area contributed by atoms with Gasteiger partial charge in [0.2, 0.25) is 9.84 Å². The van der Waals surface area contributed by atoms with Gasteiger partial charge in [0.1, 0.15) is 11.6 Å². The van der Waals surface area contributed by atoms with E-state index in [0.29, 0.717) is 10.7 Å². The van der Waals surface area contributed by atoms with Crippen LogP contribution in [0.25, 0.3) is 0 Å². The molecule has 0 aliphatic rings. The molecule has 0 radical (unpaired) electrons. The zero-order chi connectivity index (χ0) is 18.0. The van der Waals surface area contributed by atoms with Crippen molar-refractivity contribution >= 4 is 21.4 Å². The molecular weight excluding hydrogens is 368 g/mol. The van der Waals surface area contributed by atoms with Gasteiger partial charge in [-0.25, -0.2) is 22.2 Å². The van der Waals surface area contributed by atoms with E-state index in [0.717, 1.165) is 18.2 Å². The third-order valence-electron chi connectivity index (χ3n) is 3.56. The fourth-order valence-electron chi connectivity index (χ4n) is 2.31. The molecule has 0 N–H and O–H groups in total. The van der Waals surface area contributed by atoms with Gasteiger partial charge in [-0.1, -0.05) is 17.7 Å². The average molecular weight is 380 g/mol. The molecule has 0 bridgehead atoms. The molecular formula is C18H12ClF2NO2S. The van der Waals surface area contributed by atoms with Gasteiger partial charge in [-0.2, -0.15) is 0 Å². The summed E-state index contributed by atoms with van der Waals surface area (Å²) in [5.74, 6) is -1.14. The van der Waals surface area contributed by atoms with Gasteiger partial charge in [0.25, 0.3) is 0 Å². The Balaban J connectivity index is 1.96. The molecule has 0 unspecified atom stereocenters. The fraction of sp³-hybridized carbons (Fsp3) is 0.0556. The van der Waals surface area contributed by atoms with E-state index < -0.39 is 21.5 Å². The number of hydrogen-bond donors (Lipinski definition) is 0. The first-order chi connectivity index (χ1) is 11.9. The summed E-state index contributed by atoms with van der Waals surface area (Å²) in [5, 5.41) is 0.256. The van der Waals surface area contributed by atoms with Crippen LogP contribution in [0.1, 0.15) is 11.3 Å². The Bertz CT molecular complexity index is 1020. The van der Waals surface area contributed by atoms with Gasteiger partial charge in [0.05, 0.1) is 4.90 Å². The number of rotatable bonds is 4. The highest BCUT2D eigenvalue weighted by Gasteiger charge is 2.19. The zero-order valence-corrected chi connectivity index (χ0v) is 14.4. The summed E-state index contributed by atoms with van der Waals surface area (Å²) in [6.45, 7) is 0. The van der Waals surface area contributed by atoms with Gasteiger partial charge in [-0.15, -0.1) is 0 Å². The molecule has 2 aromatic carbocycles. The lowest BCUT2D eigenvalue weighted by Crippen LogP contribution is -2.06. The van der Waals surface area contributed by atoms with Crippen molar-refractivity contribution in [2.75, 3.05) is 0 Å². The number of nitrogens with zero attached hydrogens (tertiary/aromatic N) is 1. The normalized spacial score (nSPS) is 11.5. The Morgan fingerprint density at radius 3 is 2.40 bits per heavy atom. The van der Waals surface area contributed by atoms with E-state index in [1.165, 1.54) is 36.4 Å². The molecule has 3 rings (SSSR count). The van der Waals surface area contributed by atoms with E-state index in [1.807, 2.05) is 0 Å². The van der Waals surface area contributed by atoms with Crippen LogP contribution in [-0.4, -0.2) is 13.4 Å². The molecule has 0 amide bonds. The molecule has 3 aromatic rings. The maximum Gasteiger partial charge on any atom is 0.223 e. The molecule has 0 atom stereocenters. The first-order valence-corrected chi connectivity index (χ1v) is 9.13. The van der Waals surface area contributed by atoms with Crippen LogP contribution in [0.3, 0.4) is 0 Å². The molecule has 0 saturated carbocycles. The van der Waals surface area contributed by atoms with E-state index in [2.05, 4.69) is 4.98 Å². The van der Waals surface area contributed by atoms with Crippen molar-refractivity contribution in [3.05, 3.63) is 88.6 Å². The summed E-state index contributed by atoms with van der Waals surface area (Å²) in [4.78, 5) is 4.15.